The summed E-state index contributed by atoms with van der Waals surface area (Å²) in [5, 5.41) is 7.84. The van der Waals surface area contributed by atoms with Gasteiger partial charge in [-0.2, -0.15) is 5.10 Å². The molecule has 184 valence electrons. The van der Waals surface area contributed by atoms with Gasteiger partial charge in [-0.15, -0.1) is 0 Å². The number of hydrazone groups is 1. The van der Waals surface area contributed by atoms with Gasteiger partial charge in [0.05, 0.1) is 22.6 Å². The molecule has 2 aromatic carbocycles. The number of amides is 2. The number of hydrogen-bond donors (Lipinski definition) is 2. The Kier molecular flexibility index (Phi) is 7.77. The molecule has 36 heavy (non-hydrogen) atoms. The molecule has 0 radical (unpaired) electrons. The zero-order valence-electron chi connectivity index (χ0n) is 19.3. The minimum atomic E-state index is -0.513. The molecule has 0 atom stereocenters. The molecule has 0 saturated carbocycles. The smallest absolute Gasteiger partial charge is 0.307 e. The van der Waals surface area contributed by atoms with Crippen LogP contribution in [0, 0.1) is 6.92 Å². The Balaban J connectivity index is 1.32. The van der Waals surface area contributed by atoms with Gasteiger partial charge in [0.1, 0.15) is 23.9 Å². The molecular formula is C26H21Cl2N3O5. The van der Waals surface area contributed by atoms with E-state index in [1.54, 1.807) is 68.4 Å². The molecule has 4 aromatic rings. The van der Waals surface area contributed by atoms with Gasteiger partial charge < -0.3 is 18.9 Å². The van der Waals surface area contributed by atoms with Crippen molar-refractivity contribution in [3.8, 4) is 5.75 Å². The maximum Gasteiger partial charge on any atom is 0.307 e. The van der Waals surface area contributed by atoms with Gasteiger partial charge in [0.15, 0.2) is 5.76 Å². The molecule has 0 saturated heterocycles. The molecule has 4 rings (SSSR count). The molecule has 8 nitrogen and oxygen atoms in total. The summed E-state index contributed by atoms with van der Waals surface area (Å²) in [4.78, 5) is 24.7. The molecule has 0 aliphatic heterocycles. The number of benzene rings is 2. The molecule has 0 fully saturated rings. The fraction of sp³-hybridized carbons (Fsp3) is 0.115. The molecule has 2 heterocycles. The van der Waals surface area contributed by atoms with Gasteiger partial charge in [-0.3, -0.25) is 9.59 Å². The summed E-state index contributed by atoms with van der Waals surface area (Å²) in [6, 6.07) is 16.7. The highest BCUT2D eigenvalue weighted by atomic mass is 35.5. The van der Waals surface area contributed by atoms with Crippen LogP contribution in [0.1, 0.15) is 44.9 Å². The van der Waals surface area contributed by atoms with E-state index in [2.05, 4.69) is 15.8 Å². The predicted octanol–water partition coefficient (Wildman–Crippen LogP) is 6.47. The Labute approximate surface area is 216 Å². The Bertz CT molecular complexity index is 1420. The average Bonchev–Trinajstić information content (AvgIpc) is 3.52. The van der Waals surface area contributed by atoms with Gasteiger partial charge in [0.25, 0.3) is 5.91 Å². The second kappa shape index (κ2) is 11.2. The van der Waals surface area contributed by atoms with E-state index in [9.17, 15) is 9.59 Å². The Morgan fingerprint density at radius 3 is 2.50 bits per heavy atom. The van der Waals surface area contributed by atoms with E-state index in [-0.39, 0.29) is 18.3 Å². The number of nitrogens with one attached hydrogen (secondary N) is 2. The minimum absolute atomic E-state index is 0.0681. The third-order valence-electron chi connectivity index (χ3n) is 5.14. The van der Waals surface area contributed by atoms with Gasteiger partial charge in [0, 0.05) is 16.8 Å². The highest BCUT2D eigenvalue weighted by molar-refractivity contribution is 6.34. The zero-order chi connectivity index (χ0) is 25.7. The number of carbonyl (C=O) groups is 2. The van der Waals surface area contributed by atoms with Crippen LogP contribution in [0.5, 0.6) is 5.75 Å². The first-order chi connectivity index (χ1) is 17.3. The summed E-state index contributed by atoms with van der Waals surface area (Å²) >= 11 is 12.0. The number of anilines is 1. The minimum Gasteiger partial charge on any atom is -0.484 e. The van der Waals surface area contributed by atoms with Crippen LogP contribution in [0.25, 0.3) is 0 Å². The van der Waals surface area contributed by atoms with Gasteiger partial charge in [-0.05, 0) is 61.9 Å². The molecule has 2 aromatic heterocycles. The Hall–Kier alpha value is -4.01. The summed E-state index contributed by atoms with van der Waals surface area (Å²) in [6.07, 6.45) is 1.47. The number of halogens is 2. The Morgan fingerprint density at radius 1 is 1.00 bits per heavy atom. The average molecular weight is 526 g/mol. The largest absolute Gasteiger partial charge is 0.484 e. The summed E-state index contributed by atoms with van der Waals surface area (Å²) in [7, 11) is 0. The van der Waals surface area contributed by atoms with Crippen LogP contribution >= 0.6 is 23.2 Å². The monoisotopic (exact) mass is 525 g/mol. The lowest BCUT2D eigenvalue weighted by Crippen LogP contribution is -2.18. The van der Waals surface area contributed by atoms with E-state index in [4.69, 9.17) is 36.8 Å². The van der Waals surface area contributed by atoms with Crippen molar-refractivity contribution in [1.29, 1.82) is 0 Å². The zero-order valence-corrected chi connectivity index (χ0v) is 20.8. The first kappa shape index (κ1) is 25.1. The quantitative estimate of drug-likeness (QED) is 0.202. The fourth-order valence-corrected chi connectivity index (χ4v) is 3.52. The van der Waals surface area contributed by atoms with Gasteiger partial charge in [-0.25, -0.2) is 5.43 Å². The number of hydrogen-bond acceptors (Lipinski definition) is 6. The summed E-state index contributed by atoms with van der Waals surface area (Å²) in [5.41, 5.74) is 4.89. The van der Waals surface area contributed by atoms with E-state index >= 15 is 0 Å². The van der Waals surface area contributed by atoms with Gasteiger partial charge >= 0.3 is 5.91 Å². The lowest BCUT2D eigenvalue weighted by Gasteiger charge is -2.07. The van der Waals surface area contributed by atoms with Crippen LogP contribution < -0.4 is 15.5 Å². The Morgan fingerprint density at radius 2 is 1.78 bits per heavy atom. The van der Waals surface area contributed by atoms with E-state index < -0.39 is 5.91 Å². The molecule has 0 aliphatic carbocycles. The summed E-state index contributed by atoms with van der Waals surface area (Å²) in [6.45, 7) is 3.54. The van der Waals surface area contributed by atoms with Crippen LogP contribution in [-0.4, -0.2) is 17.5 Å². The third kappa shape index (κ3) is 6.16. The van der Waals surface area contributed by atoms with Crippen molar-refractivity contribution in [3.05, 3.63) is 105 Å². The molecule has 2 N–H and O–H groups in total. The first-order valence-electron chi connectivity index (χ1n) is 10.8. The standard InChI is InChI=1S/C26H21Cl2N3O5/c1-15(17-3-6-19(7-4-17)29-25(32)21-11-12-34-16(21)2)30-31-26(33)23-10-8-20(36-23)14-35-24-13-18(27)5-9-22(24)28/h3-13H,14H2,1-2H3,(H,29,32)(H,31,33). The molecule has 10 heteroatoms. The normalized spacial score (nSPS) is 11.3. The van der Waals surface area contributed by atoms with Crippen LogP contribution in [0.3, 0.4) is 0 Å². The van der Waals surface area contributed by atoms with Crippen molar-refractivity contribution in [3.63, 3.8) is 0 Å². The molecular weight excluding hydrogens is 505 g/mol. The van der Waals surface area contributed by atoms with Crippen LogP contribution in [-0.2, 0) is 6.61 Å². The molecule has 0 unspecified atom stereocenters. The highest BCUT2D eigenvalue weighted by Crippen LogP contribution is 2.28. The number of ether oxygens (including phenoxy) is 1. The van der Waals surface area contributed by atoms with Crippen LogP contribution in [0.15, 0.2) is 80.9 Å². The van der Waals surface area contributed by atoms with Gasteiger partial charge in [0.2, 0.25) is 0 Å². The first-order valence-corrected chi connectivity index (χ1v) is 11.5. The maximum atomic E-state index is 12.4. The van der Waals surface area contributed by atoms with Crippen molar-refractivity contribution in [2.24, 2.45) is 5.10 Å². The predicted molar refractivity (Wildman–Crippen MR) is 137 cm³/mol. The molecule has 0 aliphatic rings. The van der Waals surface area contributed by atoms with Crippen molar-refractivity contribution < 1.29 is 23.2 Å². The fourth-order valence-electron chi connectivity index (χ4n) is 3.18. The molecule has 0 bridgehead atoms. The van der Waals surface area contributed by atoms with Crippen molar-refractivity contribution in [1.82, 2.24) is 5.43 Å². The number of nitrogens with zero attached hydrogens (tertiary/aromatic N) is 1. The number of aryl methyl sites for hydroxylation is 1. The van der Waals surface area contributed by atoms with E-state index in [1.807, 2.05) is 0 Å². The number of rotatable bonds is 8. The second-order valence-corrected chi connectivity index (χ2v) is 8.53. The van der Waals surface area contributed by atoms with E-state index in [0.29, 0.717) is 44.3 Å². The van der Waals surface area contributed by atoms with E-state index in [1.165, 1.54) is 12.3 Å². The lowest BCUT2D eigenvalue weighted by molar-refractivity contribution is 0.0922. The third-order valence-corrected chi connectivity index (χ3v) is 5.69. The number of furan rings is 2. The molecule has 2 amide bonds. The van der Waals surface area contributed by atoms with Crippen LogP contribution in [0.2, 0.25) is 10.0 Å². The van der Waals surface area contributed by atoms with Gasteiger partial charge in [-0.1, -0.05) is 35.3 Å². The van der Waals surface area contributed by atoms with E-state index in [0.717, 1.165) is 5.56 Å². The van der Waals surface area contributed by atoms with Crippen molar-refractivity contribution >= 4 is 46.4 Å². The summed E-state index contributed by atoms with van der Waals surface area (Å²) < 4.78 is 16.3. The highest BCUT2D eigenvalue weighted by Gasteiger charge is 2.13. The number of carbonyl (C=O) groups excluding carboxylic acids is 2. The van der Waals surface area contributed by atoms with Crippen molar-refractivity contribution in [2.75, 3.05) is 5.32 Å². The van der Waals surface area contributed by atoms with Crippen molar-refractivity contribution in [2.45, 2.75) is 20.5 Å². The van der Waals surface area contributed by atoms with Crippen LogP contribution in [0.4, 0.5) is 5.69 Å². The SMILES string of the molecule is CC(=NNC(=O)c1ccc(COc2cc(Cl)ccc2Cl)o1)c1ccc(NC(=O)c2ccoc2C)cc1. The lowest BCUT2D eigenvalue weighted by atomic mass is 10.1. The molecule has 0 spiro atoms. The maximum absolute atomic E-state index is 12.4. The topological polar surface area (TPSA) is 106 Å². The second-order valence-electron chi connectivity index (χ2n) is 7.69. The summed E-state index contributed by atoms with van der Waals surface area (Å²) in [5.74, 6) is 0.694.